The van der Waals surface area contributed by atoms with Gasteiger partial charge in [0.1, 0.15) is 0 Å². The molecular formula is C14H19NO3. The zero-order chi connectivity index (χ0) is 13.0. The minimum absolute atomic E-state index is 0.0520. The fourth-order valence-corrected chi connectivity index (χ4v) is 2.23. The minimum Gasteiger partial charge on any atom is -0.481 e. The van der Waals surface area contributed by atoms with Gasteiger partial charge in [-0.15, -0.1) is 0 Å². The van der Waals surface area contributed by atoms with Gasteiger partial charge >= 0.3 is 5.97 Å². The summed E-state index contributed by atoms with van der Waals surface area (Å²) in [6.07, 6.45) is 0.238. The van der Waals surface area contributed by atoms with Gasteiger partial charge in [-0.1, -0.05) is 30.3 Å². The molecule has 1 fully saturated rings. The van der Waals surface area contributed by atoms with Crippen molar-refractivity contribution in [2.24, 2.45) is 0 Å². The maximum absolute atomic E-state index is 10.6. The van der Waals surface area contributed by atoms with E-state index in [0.29, 0.717) is 13.2 Å². The number of carboxylic acids is 1. The van der Waals surface area contributed by atoms with Crippen LogP contribution >= 0.6 is 0 Å². The Morgan fingerprint density at radius 2 is 2.17 bits per heavy atom. The number of aliphatic carboxylic acids is 1. The van der Waals surface area contributed by atoms with Gasteiger partial charge in [0, 0.05) is 19.1 Å². The van der Waals surface area contributed by atoms with E-state index in [0.717, 1.165) is 12.1 Å². The Labute approximate surface area is 107 Å². The lowest BCUT2D eigenvalue weighted by molar-refractivity contribution is -0.138. The Kier molecular flexibility index (Phi) is 4.33. The molecule has 4 heteroatoms. The molecule has 1 heterocycles. The van der Waals surface area contributed by atoms with Gasteiger partial charge in [-0.05, 0) is 12.5 Å². The molecule has 98 valence electrons. The molecule has 1 aliphatic rings. The number of carbonyl (C=O) groups is 1. The maximum Gasteiger partial charge on any atom is 0.304 e. The molecule has 1 N–H and O–H groups in total. The summed E-state index contributed by atoms with van der Waals surface area (Å²) in [6, 6.07) is 10.4. The third kappa shape index (κ3) is 3.31. The van der Waals surface area contributed by atoms with Crippen LogP contribution in [0.3, 0.4) is 0 Å². The first kappa shape index (κ1) is 13.1. The molecule has 0 spiro atoms. The second kappa shape index (κ2) is 5.98. The van der Waals surface area contributed by atoms with Crippen LogP contribution in [0, 0.1) is 0 Å². The number of hydrogen-bond donors (Lipinski definition) is 1. The second-order valence-electron chi connectivity index (χ2n) is 4.72. The molecule has 0 amide bonds. The Bertz CT molecular complexity index is 393. The highest BCUT2D eigenvalue weighted by atomic mass is 16.5. The zero-order valence-corrected chi connectivity index (χ0v) is 10.6. The largest absolute Gasteiger partial charge is 0.481 e. The fraction of sp³-hybridized carbons (Fsp3) is 0.500. The average molecular weight is 249 g/mol. The van der Waals surface area contributed by atoms with E-state index in [1.807, 2.05) is 18.2 Å². The molecule has 0 unspecified atom stereocenters. The number of benzene rings is 1. The first-order chi connectivity index (χ1) is 8.66. The Hall–Kier alpha value is -1.39. The summed E-state index contributed by atoms with van der Waals surface area (Å²) >= 11 is 0. The number of hydrogen-bond acceptors (Lipinski definition) is 3. The highest BCUT2D eigenvalue weighted by Gasteiger charge is 2.26. The molecule has 18 heavy (non-hydrogen) atoms. The number of ether oxygens (including phenoxy) is 1. The topological polar surface area (TPSA) is 49.8 Å². The standard InChI is InChI=1S/C14H19NO3/c1-11-10-18-13(12-5-3-2-4-6-12)9-15(11)8-7-14(16)17/h2-6,11,13H,7-10H2,1H3,(H,16,17)/t11-,13-/m0/s1. The number of carboxylic acid groups (broad SMARTS) is 1. The summed E-state index contributed by atoms with van der Waals surface area (Å²) in [7, 11) is 0. The summed E-state index contributed by atoms with van der Waals surface area (Å²) in [5.41, 5.74) is 1.16. The molecule has 0 aliphatic carbocycles. The van der Waals surface area contributed by atoms with Gasteiger partial charge in [-0.25, -0.2) is 0 Å². The second-order valence-corrected chi connectivity index (χ2v) is 4.72. The van der Waals surface area contributed by atoms with Crippen molar-refractivity contribution in [2.75, 3.05) is 19.7 Å². The van der Waals surface area contributed by atoms with Crippen LogP contribution in [0.1, 0.15) is 25.0 Å². The summed E-state index contributed by atoms with van der Waals surface area (Å²) < 4.78 is 5.82. The van der Waals surface area contributed by atoms with Crippen LogP contribution in [0.2, 0.25) is 0 Å². The van der Waals surface area contributed by atoms with E-state index in [9.17, 15) is 4.79 Å². The third-order valence-electron chi connectivity index (χ3n) is 3.35. The lowest BCUT2D eigenvalue weighted by Crippen LogP contribution is -2.45. The van der Waals surface area contributed by atoms with Gasteiger partial charge in [0.2, 0.25) is 0 Å². The molecular weight excluding hydrogens is 230 g/mol. The molecule has 0 aromatic heterocycles. The van der Waals surface area contributed by atoms with Crippen LogP contribution in [-0.2, 0) is 9.53 Å². The van der Waals surface area contributed by atoms with Crippen LogP contribution in [-0.4, -0.2) is 41.7 Å². The smallest absolute Gasteiger partial charge is 0.304 e. The lowest BCUT2D eigenvalue weighted by atomic mass is 10.1. The number of morpholine rings is 1. The SMILES string of the molecule is C[C@H]1CO[C@H](c2ccccc2)CN1CCC(=O)O. The lowest BCUT2D eigenvalue weighted by Gasteiger charge is -2.38. The zero-order valence-electron chi connectivity index (χ0n) is 10.6. The Morgan fingerprint density at radius 1 is 1.44 bits per heavy atom. The Morgan fingerprint density at radius 3 is 2.83 bits per heavy atom. The number of nitrogens with zero attached hydrogens (tertiary/aromatic N) is 1. The molecule has 1 saturated heterocycles. The van der Waals surface area contributed by atoms with Crippen molar-refractivity contribution in [2.45, 2.75) is 25.5 Å². The van der Waals surface area contributed by atoms with Crippen molar-refractivity contribution in [3.63, 3.8) is 0 Å². The quantitative estimate of drug-likeness (QED) is 0.885. The highest BCUT2D eigenvalue weighted by molar-refractivity contribution is 5.66. The van der Waals surface area contributed by atoms with Crippen molar-refractivity contribution in [1.82, 2.24) is 4.90 Å². The van der Waals surface area contributed by atoms with E-state index < -0.39 is 5.97 Å². The predicted octanol–water partition coefficient (Wildman–Crippen LogP) is 1.92. The highest BCUT2D eigenvalue weighted by Crippen LogP contribution is 2.24. The summed E-state index contributed by atoms with van der Waals surface area (Å²) in [6.45, 7) is 4.07. The van der Waals surface area contributed by atoms with Gasteiger partial charge in [-0.2, -0.15) is 0 Å². The third-order valence-corrected chi connectivity index (χ3v) is 3.35. The molecule has 2 atom stereocenters. The fourth-order valence-electron chi connectivity index (χ4n) is 2.23. The Balaban J connectivity index is 1.98. The van der Waals surface area contributed by atoms with Crippen molar-refractivity contribution >= 4 is 5.97 Å². The summed E-state index contributed by atoms with van der Waals surface area (Å²) in [5.74, 6) is -0.745. The molecule has 1 aromatic rings. The van der Waals surface area contributed by atoms with Crippen LogP contribution in [0.4, 0.5) is 0 Å². The van der Waals surface area contributed by atoms with E-state index in [-0.39, 0.29) is 18.6 Å². The molecule has 1 aliphatic heterocycles. The van der Waals surface area contributed by atoms with Crippen LogP contribution in [0.15, 0.2) is 30.3 Å². The van der Waals surface area contributed by atoms with Crippen molar-refractivity contribution in [3.8, 4) is 0 Å². The minimum atomic E-state index is -0.745. The molecule has 1 aromatic carbocycles. The monoisotopic (exact) mass is 249 g/mol. The molecule has 0 bridgehead atoms. The van der Waals surface area contributed by atoms with E-state index in [1.165, 1.54) is 0 Å². The van der Waals surface area contributed by atoms with Crippen LogP contribution in [0.5, 0.6) is 0 Å². The average Bonchev–Trinajstić information content (AvgIpc) is 2.38. The predicted molar refractivity (Wildman–Crippen MR) is 68.4 cm³/mol. The first-order valence-corrected chi connectivity index (χ1v) is 6.29. The maximum atomic E-state index is 10.6. The molecule has 4 nitrogen and oxygen atoms in total. The van der Waals surface area contributed by atoms with E-state index in [2.05, 4.69) is 24.0 Å². The van der Waals surface area contributed by atoms with Gasteiger partial charge in [0.05, 0.1) is 19.1 Å². The van der Waals surface area contributed by atoms with Gasteiger partial charge in [0.15, 0.2) is 0 Å². The van der Waals surface area contributed by atoms with Gasteiger partial charge in [0.25, 0.3) is 0 Å². The van der Waals surface area contributed by atoms with E-state index >= 15 is 0 Å². The van der Waals surface area contributed by atoms with Gasteiger partial charge < -0.3 is 9.84 Å². The van der Waals surface area contributed by atoms with Crippen molar-refractivity contribution in [3.05, 3.63) is 35.9 Å². The van der Waals surface area contributed by atoms with Crippen molar-refractivity contribution in [1.29, 1.82) is 0 Å². The van der Waals surface area contributed by atoms with Crippen LogP contribution < -0.4 is 0 Å². The normalized spacial score (nSPS) is 24.9. The van der Waals surface area contributed by atoms with Gasteiger partial charge in [-0.3, -0.25) is 9.69 Å². The molecule has 0 radical (unpaired) electrons. The van der Waals surface area contributed by atoms with E-state index in [4.69, 9.17) is 9.84 Å². The first-order valence-electron chi connectivity index (χ1n) is 6.29. The van der Waals surface area contributed by atoms with Crippen molar-refractivity contribution < 1.29 is 14.6 Å². The van der Waals surface area contributed by atoms with E-state index in [1.54, 1.807) is 0 Å². The summed E-state index contributed by atoms with van der Waals surface area (Å²) in [4.78, 5) is 12.8. The van der Waals surface area contributed by atoms with Crippen LogP contribution in [0.25, 0.3) is 0 Å². The summed E-state index contributed by atoms with van der Waals surface area (Å²) in [5, 5.41) is 8.76. The molecule has 0 saturated carbocycles. The number of rotatable bonds is 4. The molecule has 2 rings (SSSR count).